The Labute approximate surface area is 138 Å². The molecule has 2 aliphatic heterocycles. The molecule has 0 amide bonds. The summed E-state index contributed by atoms with van der Waals surface area (Å²) < 4.78 is 25.1. The van der Waals surface area contributed by atoms with Crippen LogP contribution in [0.15, 0.2) is 18.2 Å². The number of halogens is 1. The van der Waals surface area contributed by atoms with Crippen molar-refractivity contribution in [1.29, 1.82) is 0 Å². The summed E-state index contributed by atoms with van der Waals surface area (Å²) in [5.41, 5.74) is 1.19. The van der Waals surface area contributed by atoms with Gasteiger partial charge >= 0.3 is 5.97 Å². The summed E-state index contributed by atoms with van der Waals surface area (Å²) in [5.74, 6) is -2.66. The van der Waals surface area contributed by atoms with Crippen LogP contribution in [0.5, 0.6) is 0 Å². The lowest BCUT2D eigenvalue weighted by Crippen LogP contribution is -2.36. The van der Waals surface area contributed by atoms with Crippen molar-refractivity contribution >= 4 is 23.1 Å². The molecule has 0 aliphatic carbocycles. The van der Waals surface area contributed by atoms with Gasteiger partial charge in [-0.05, 0) is 18.2 Å². The van der Waals surface area contributed by atoms with Crippen molar-refractivity contribution in [3.63, 3.8) is 0 Å². The van der Waals surface area contributed by atoms with E-state index in [0.717, 1.165) is 0 Å². The number of aliphatic carboxylic acids is 1. The van der Waals surface area contributed by atoms with E-state index in [1.165, 1.54) is 6.07 Å². The zero-order valence-corrected chi connectivity index (χ0v) is 13.1. The van der Waals surface area contributed by atoms with Crippen LogP contribution in [0.2, 0.25) is 0 Å². The summed E-state index contributed by atoms with van der Waals surface area (Å²) in [5, 5.41) is 8.63. The number of carboxylic acid groups (broad SMARTS) is 1. The molecule has 1 atom stereocenters. The first kappa shape index (κ1) is 16.7. The second-order valence-electron chi connectivity index (χ2n) is 5.81. The van der Waals surface area contributed by atoms with Crippen molar-refractivity contribution < 1.29 is 28.6 Å². The van der Waals surface area contributed by atoms with Crippen molar-refractivity contribution in [3.05, 3.63) is 24.0 Å². The Balaban J connectivity index is 1.64. The predicted octanol–water partition coefficient (Wildman–Crippen LogP) is 0.869. The van der Waals surface area contributed by atoms with E-state index in [2.05, 4.69) is 0 Å². The maximum Gasteiger partial charge on any atom is 0.372 e. The number of carboxylic acids is 1. The van der Waals surface area contributed by atoms with Gasteiger partial charge in [0.2, 0.25) is 5.78 Å². The third-order valence-electron chi connectivity index (χ3n) is 4.19. The number of ether oxygens (including phenoxy) is 2. The lowest BCUT2D eigenvalue weighted by Gasteiger charge is -2.29. The first-order valence-electron chi connectivity index (χ1n) is 7.79. The van der Waals surface area contributed by atoms with Gasteiger partial charge in [-0.2, -0.15) is 0 Å². The SMILES string of the molecule is O=C(O)C(=O)C[C@@H]1CN(c2ccc(N3CCOCC3)c(F)c2)CO1. The normalized spacial score (nSPS) is 21.1. The molecule has 0 saturated carbocycles. The molecule has 0 radical (unpaired) electrons. The van der Waals surface area contributed by atoms with Gasteiger partial charge in [0.1, 0.15) is 12.5 Å². The van der Waals surface area contributed by atoms with Crippen LogP contribution in [0.3, 0.4) is 0 Å². The number of carbonyl (C=O) groups excluding carboxylic acids is 1. The van der Waals surface area contributed by atoms with Gasteiger partial charge in [0.15, 0.2) is 0 Å². The number of nitrogens with zero attached hydrogens (tertiary/aromatic N) is 2. The summed E-state index contributed by atoms with van der Waals surface area (Å²) in [6.45, 7) is 3.04. The molecule has 0 spiro atoms. The number of ketones is 1. The second-order valence-corrected chi connectivity index (χ2v) is 5.81. The Kier molecular flexibility index (Phi) is 4.96. The average molecular weight is 338 g/mol. The number of carbonyl (C=O) groups is 2. The van der Waals surface area contributed by atoms with E-state index in [4.69, 9.17) is 14.6 Å². The van der Waals surface area contributed by atoms with Crippen molar-refractivity contribution in [3.8, 4) is 0 Å². The van der Waals surface area contributed by atoms with Gasteiger partial charge in [-0.3, -0.25) is 4.79 Å². The highest BCUT2D eigenvalue weighted by Gasteiger charge is 2.28. The summed E-state index contributed by atoms with van der Waals surface area (Å²) in [6.07, 6.45) is -0.671. The minimum absolute atomic E-state index is 0.180. The number of Topliss-reactive ketones (excluding diaryl/α,β-unsaturated/α-hetero) is 1. The molecule has 130 valence electrons. The summed E-state index contributed by atoms with van der Waals surface area (Å²) in [7, 11) is 0. The van der Waals surface area contributed by atoms with Gasteiger partial charge in [-0.1, -0.05) is 0 Å². The van der Waals surface area contributed by atoms with E-state index >= 15 is 0 Å². The summed E-state index contributed by atoms with van der Waals surface area (Å²) in [6, 6.07) is 4.97. The molecule has 2 fully saturated rings. The van der Waals surface area contributed by atoms with Gasteiger partial charge in [0.05, 0.1) is 25.0 Å². The van der Waals surface area contributed by atoms with Gasteiger partial charge in [0.25, 0.3) is 0 Å². The van der Waals surface area contributed by atoms with Crippen molar-refractivity contribution in [1.82, 2.24) is 0 Å². The number of hydrogen-bond donors (Lipinski definition) is 1. The highest BCUT2D eigenvalue weighted by Crippen LogP contribution is 2.28. The lowest BCUT2D eigenvalue weighted by molar-refractivity contribution is -0.150. The quantitative estimate of drug-likeness (QED) is 0.798. The second kappa shape index (κ2) is 7.14. The van der Waals surface area contributed by atoms with Crippen LogP contribution in [-0.2, 0) is 19.1 Å². The fourth-order valence-electron chi connectivity index (χ4n) is 2.90. The molecule has 24 heavy (non-hydrogen) atoms. The highest BCUT2D eigenvalue weighted by atomic mass is 19.1. The molecule has 8 heteroatoms. The van der Waals surface area contributed by atoms with Crippen molar-refractivity contribution in [2.45, 2.75) is 12.5 Å². The molecule has 2 heterocycles. The standard InChI is InChI=1S/C16H19FN2O5/c17-13-7-11(1-2-14(13)18-3-5-23-6-4-18)19-9-12(24-10-19)8-15(20)16(21)22/h1-2,7,12H,3-6,8-10H2,(H,21,22)/t12-/m1/s1. The van der Waals surface area contributed by atoms with E-state index in [0.29, 0.717) is 44.2 Å². The molecular formula is C16H19FN2O5. The molecular weight excluding hydrogens is 319 g/mol. The number of anilines is 2. The zero-order valence-electron chi connectivity index (χ0n) is 13.1. The molecule has 7 nitrogen and oxygen atoms in total. The molecule has 0 unspecified atom stereocenters. The van der Waals surface area contributed by atoms with Crippen LogP contribution in [0, 0.1) is 5.82 Å². The van der Waals surface area contributed by atoms with Crippen LogP contribution in [-0.4, -0.2) is 62.5 Å². The van der Waals surface area contributed by atoms with E-state index in [1.54, 1.807) is 17.0 Å². The summed E-state index contributed by atoms with van der Waals surface area (Å²) >= 11 is 0. The largest absolute Gasteiger partial charge is 0.475 e. The number of hydrogen-bond acceptors (Lipinski definition) is 6. The van der Waals surface area contributed by atoms with E-state index < -0.39 is 17.9 Å². The molecule has 1 N–H and O–H groups in total. The number of benzene rings is 1. The molecule has 0 aromatic heterocycles. The van der Waals surface area contributed by atoms with Crippen molar-refractivity contribution in [2.75, 3.05) is 49.4 Å². The third-order valence-corrected chi connectivity index (χ3v) is 4.19. The molecule has 1 aromatic carbocycles. The minimum Gasteiger partial charge on any atom is -0.475 e. The molecule has 0 bridgehead atoms. The van der Waals surface area contributed by atoms with Gasteiger partial charge in [0, 0.05) is 31.7 Å². The maximum atomic E-state index is 14.4. The van der Waals surface area contributed by atoms with Gasteiger partial charge < -0.3 is 24.4 Å². The Morgan fingerprint density at radius 3 is 2.67 bits per heavy atom. The maximum absolute atomic E-state index is 14.4. The van der Waals surface area contributed by atoms with E-state index in [9.17, 15) is 14.0 Å². The number of rotatable bonds is 5. The first-order chi connectivity index (χ1) is 11.5. The Hall–Kier alpha value is -2.19. The molecule has 3 rings (SSSR count). The average Bonchev–Trinajstić information content (AvgIpc) is 3.04. The van der Waals surface area contributed by atoms with E-state index in [-0.39, 0.29) is 19.0 Å². The van der Waals surface area contributed by atoms with Crippen LogP contribution in [0.4, 0.5) is 15.8 Å². The summed E-state index contributed by atoms with van der Waals surface area (Å²) in [4.78, 5) is 25.6. The van der Waals surface area contributed by atoms with Crippen LogP contribution in [0.25, 0.3) is 0 Å². The lowest BCUT2D eigenvalue weighted by atomic mass is 10.1. The van der Waals surface area contributed by atoms with Gasteiger partial charge in [-0.15, -0.1) is 0 Å². The molecule has 1 aromatic rings. The minimum atomic E-state index is -1.46. The topological polar surface area (TPSA) is 79.3 Å². The Morgan fingerprint density at radius 1 is 1.25 bits per heavy atom. The fraction of sp³-hybridized carbons (Fsp3) is 0.500. The van der Waals surface area contributed by atoms with Crippen molar-refractivity contribution in [2.24, 2.45) is 0 Å². The Morgan fingerprint density at radius 2 is 2.00 bits per heavy atom. The van der Waals surface area contributed by atoms with Crippen LogP contribution >= 0.6 is 0 Å². The molecule has 2 saturated heterocycles. The highest BCUT2D eigenvalue weighted by molar-refractivity contribution is 6.32. The number of morpholine rings is 1. The fourth-order valence-corrected chi connectivity index (χ4v) is 2.90. The smallest absolute Gasteiger partial charge is 0.372 e. The Bertz CT molecular complexity index is 633. The molecule has 2 aliphatic rings. The third kappa shape index (κ3) is 3.65. The zero-order chi connectivity index (χ0) is 17.1. The van der Waals surface area contributed by atoms with Crippen LogP contribution < -0.4 is 9.80 Å². The monoisotopic (exact) mass is 338 g/mol. The van der Waals surface area contributed by atoms with Gasteiger partial charge in [-0.25, -0.2) is 9.18 Å². The predicted molar refractivity (Wildman–Crippen MR) is 83.8 cm³/mol. The van der Waals surface area contributed by atoms with E-state index in [1.807, 2.05) is 4.90 Å². The van der Waals surface area contributed by atoms with Crippen LogP contribution in [0.1, 0.15) is 6.42 Å². The first-order valence-corrected chi connectivity index (χ1v) is 7.79.